The minimum atomic E-state index is 0.874. The third kappa shape index (κ3) is 13.8. The Bertz CT molecular complexity index is 2060. The molecule has 2 heteroatoms. The zero-order chi connectivity index (χ0) is 59.7. The van der Waals surface area contributed by atoms with Crippen LogP contribution in [0.5, 0.6) is 0 Å². The van der Waals surface area contributed by atoms with E-state index in [9.17, 15) is 0 Å². The van der Waals surface area contributed by atoms with Gasteiger partial charge in [-0.2, -0.15) is 0 Å². The van der Waals surface area contributed by atoms with Gasteiger partial charge in [0.1, 0.15) is 0 Å². The molecule has 16 aliphatic rings. The second kappa shape index (κ2) is 30.3. The molecule has 2 nitrogen and oxygen atoms in total. The number of hydrogen-bond donors (Lipinski definition) is 0. The van der Waals surface area contributed by atoms with Gasteiger partial charge in [-0.05, 0) is 350 Å². The molecule has 14 unspecified atom stereocenters. The zero-order valence-corrected chi connectivity index (χ0v) is 59.1. The highest BCUT2D eigenvalue weighted by Crippen LogP contribution is 2.62. The molecule has 0 aromatic rings. The van der Waals surface area contributed by atoms with E-state index >= 15 is 0 Å². The molecule has 506 valence electrons. The molecule has 0 spiro atoms. The van der Waals surface area contributed by atoms with E-state index in [0.29, 0.717) is 0 Å². The molecule has 14 atom stereocenters. The Morgan fingerprint density at radius 3 is 0.778 bits per heavy atom. The number of allylic oxidation sites excluding steroid dienone is 4. The van der Waals surface area contributed by atoms with Gasteiger partial charge < -0.3 is 0 Å². The fourth-order valence-corrected chi connectivity index (χ4v) is 30.0. The van der Waals surface area contributed by atoms with Crippen LogP contribution >= 0.6 is 0 Å². The number of hydrogen-bond acceptors (Lipinski definition) is 2. The first-order valence-electron chi connectivity index (χ1n) is 43.6. The summed E-state index contributed by atoms with van der Waals surface area (Å²) in [5.74, 6) is 20.4. The third-order valence-corrected chi connectivity index (χ3v) is 34.0. The largest absolute Gasteiger partial charge is 0.294 e. The van der Waals surface area contributed by atoms with Crippen molar-refractivity contribution in [1.82, 2.24) is 9.80 Å². The molecule has 0 aromatic carbocycles. The molecule has 0 bridgehead atoms. The van der Waals surface area contributed by atoms with Gasteiger partial charge >= 0.3 is 0 Å². The molecule has 0 aliphatic heterocycles. The standard InChI is InChI=1S/C88H144N2/c1-5-21-65(22-6-1)83(66-23-7-2-8-24-66)57-61-37-47-71(48-38-61)89(87-59-85-75-31-15-13-29-69(75)45-55-79(85)77-33-17-19-35-81(77)87)73-51-41-63(42-52-73)64-43-53-74(54-44-64)90(88-60-86-76-32-16-14-30-70(76)46-56-80(86)78-34-18-20-36-82(78)88)72-49-39-62(40-50-72)58-84(67-25-9-3-10-26-67)68-27-11-4-12-28-68/h57-58,61-82,85-88H,1-56,59-60H2. The summed E-state index contributed by atoms with van der Waals surface area (Å²) in [7, 11) is 0. The summed E-state index contributed by atoms with van der Waals surface area (Å²) < 4.78 is 0. The zero-order valence-electron chi connectivity index (χ0n) is 59.1. The lowest BCUT2D eigenvalue weighted by Gasteiger charge is -2.61. The van der Waals surface area contributed by atoms with Crippen molar-refractivity contribution in [3.63, 3.8) is 0 Å². The van der Waals surface area contributed by atoms with Crippen molar-refractivity contribution in [3.05, 3.63) is 23.3 Å². The van der Waals surface area contributed by atoms with Crippen LogP contribution in [0.2, 0.25) is 0 Å². The summed E-state index contributed by atoms with van der Waals surface area (Å²) in [4.78, 5) is 7.15. The Morgan fingerprint density at radius 1 is 0.189 bits per heavy atom. The van der Waals surface area contributed by atoms with Crippen molar-refractivity contribution in [2.75, 3.05) is 0 Å². The van der Waals surface area contributed by atoms with Crippen LogP contribution in [-0.4, -0.2) is 46.1 Å². The lowest BCUT2D eigenvalue weighted by atomic mass is 9.50. The molecule has 16 aliphatic carbocycles. The molecule has 0 heterocycles. The summed E-state index contributed by atoms with van der Waals surface area (Å²) in [6.45, 7) is 0. The van der Waals surface area contributed by atoms with Crippen LogP contribution in [0.25, 0.3) is 0 Å². The van der Waals surface area contributed by atoms with Crippen molar-refractivity contribution < 1.29 is 0 Å². The van der Waals surface area contributed by atoms with Crippen molar-refractivity contribution in [1.29, 1.82) is 0 Å². The van der Waals surface area contributed by atoms with Crippen molar-refractivity contribution in [3.8, 4) is 0 Å². The quantitative estimate of drug-likeness (QED) is 0.170. The van der Waals surface area contributed by atoms with Gasteiger partial charge in [-0.25, -0.2) is 0 Å². The molecule has 16 fully saturated rings. The monoisotopic (exact) mass is 1230 g/mol. The highest BCUT2D eigenvalue weighted by molar-refractivity contribution is 5.18. The first kappa shape index (κ1) is 64.1. The van der Waals surface area contributed by atoms with E-state index in [0.717, 1.165) is 155 Å². The highest BCUT2D eigenvalue weighted by atomic mass is 15.2. The van der Waals surface area contributed by atoms with E-state index in [1.54, 1.807) is 193 Å². The smallest absolute Gasteiger partial charge is 0.0135 e. The van der Waals surface area contributed by atoms with E-state index in [-0.39, 0.29) is 0 Å². The summed E-state index contributed by atoms with van der Waals surface area (Å²) in [6, 6.07) is 5.34. The minimum Gasteiger partial charge on any atom is -0.294 e. The number of nitrogens with zero attached hydrogens (tertiary/aromatic N) is 2. The van der Waals surface area contributed by atoms with Crippen LogP contribution < -0.4 is 0 Å². The molecule has 0 N–H and O–H groups in total. The van der Waals surface area contributed by atoms with E-state index in [1.165, 1.54) is 180 Å². The van der Waals surface area contributed by atoms with Crippen molar-refractivity contribution in [2.24, 2.45) is 118 Å². The van der Waals surface area contributed by atoms with Gasteiger partial charge in [-0.1, -0.05) is 165 Å². The van der Waals surface area contributed by atoms with Crippen LogP contribution in [-0.2, 0) is 0 Å². The van der Waals surface area contributed by atoms with Gasteiger partial charge in [0.15, 0.2) is 0 Å². The molecule has 0 radical (unpaired) electrons. The predicted octanol–water partition coefficient (Wildman–Crippen LogP) is 24.8. The fraction of sp³-hybridized carbons (Fsp3) is 0.955. The normalized spacial score (nSPS) is 45.4. The Kier molecular flexibility index (Phi) is 21.5. The minimum absolute atomic E-state index is 0.874. The van der Waals surface area contributed by atoms with Crippen LogP contribution in [0.3, 0.4) is 0 Å². The van der Waals surface area contributed by atoms with Gasteiger partial charge in [0.25, 0.3) is 0 Å². The Balaban J connectivity index is 0.630. The Morgan fingerprint density at radius 2 is 0.444 bits per heavy atom. The molecule has 16 saturated carbocycles. The summed E-state index contributed by atoms with van der Waals surface area (Å²) in [5.41, 5.74) is 4.06. The molecule has 0 amide bonds. The van der Waals surface area contributed by atoms with Crippen LogP contribution in [0.4, 0.5) is 0 Å². The third-order valence-electron chi connectivity index (χ3n) is 34.0. The SMILES string of the molecule is C(=C(C1CCCCC1)C1CCCCC1)C1CCC(N(C2CCC(C3CCC(N(C4CCC(C=C(C5CCCCC5)C5CCCCC5)CC4)C4CC5C6CCCCC6CCC5C5CCCCC54)CC3)CC2)C2CC3C4CCCCC4CCC3C3CCCCC32)CC1. The predicted molar refractivity (Wildman–Crippen MR) is 380 cm³/mol. The van der Waals surface area contributed by atoms with Crippen molar-refractivity contribution in [2.45, 2.75) is 409 Å². The van der Waals surface area contributed by atoms with E-state index in [4.69, 9.17) is 0 Å². The maximum absolute atomic E-state index is 3.58. The van der Waals surface area contributed by atoms with Crippen molar-refractivity contribution >= 4 is 0 Å². The Labute approximate surface area is 557 Å². The average Bonchev–Trinajstić information content (AvgIpc) is 0.837. The van der Waals surface area contributed by atoms with Crippen LogP contribution in [0.1, 0.15) is 372 Å². The lowest BCUT2D eigenvalue weighted by molar-refractivity contribution is -0.113. The average molecular weight is 1230 g/mol. The first-order valence-corrected chi connectivity index (χ1v) is 43.6. The summed E-state index contributed by atoms with van der Waals surface area (Å²) >= 11 is 0. The molecule has 0 aromatic heterocycles. The fourth-order valence-electron chi connectivity index (χ4n) is 30.0. The molecular weight excluding hydrogens is 1080 g/mol. The second-order valence-corrected chi connectivity index (χ2v) is 37.9. The maximum Gasteiger partial charge on any atom is 0.0135 e. The van der Waals surface area contributed by atoms with Gasteiger partial charge in [-0.15, -0.1) is 0 Å². The van der Waals surface area contributed by atoms with Crippen LogP contribution in [0.15, 0.2) is 23.3 Å². The maximum atomic E-state index is 3.58. The highest BCUT2D eigenvalue weighted by Gasteiger charge is 2.57. The van der Waals surface area contributed by atoms with E-state index in [2.05, 4.69) is 22.0 Å². The van der Waals surface area contributed by atoms with Gasteiger partial charge in [0, 0.05) is 36.3 Å². The second-order valence-electron chi connectivity index (χ2n) is 37.9. The summed E-state index contributed by atoms with van der Waals surface area (Å²) in [5, 5.41) is 0. The molecule has 90 heavy (non-hydrogen) atoms. The molecule has 16 rings (SSSR count). The van der Waals surface area contributed by atoms with Gasteiger partial charge in [0.2, 0.25) is 0 Å². The van der Waals surface area contributed by atoms with E-state index < -0.39 is 0 Å². The topological polar surface area (TPSA) is 6.48 Å². The van der Waals surface area contributed by atoms with Gasteiger partial charge in [0.05, 0.1) is 0 Å². The Hall–Kier alpha value is -0.600. The van der Waals surface area contributed by atoms with Gasteiger partial charge in [-0.3, -0.25) is 9.80 Å². The van der Waals surface area contributed by atoms with E-state index in [1.807, 2.05) is 11.1 Å². The molecular formula is C88H144N2. The summed E-state index contributed by atoms with van der Waals surface area (Å²) in [6.07, 6.45) is 96.1. The lowest BCUT2D eigenvalue weighted by Crippen LogP contribution is -2.61. The molecule has 0 saturated heterocycles. The van der Waals surface area contributed by atoms with Crippen LogP contribution in [0, 0.1) is 118 Å². The number of fused-ring (bicyclic) bond motifs is 10. The number of rotatable bonds is 13. The first-order chi connectivity index (χ1) is 44.6.